The molecular formula is C18H14ClN3O2. The Kier molecular flexibility index (Phi) is 3.70. The van der Waals surface area contributed by atoms with E-state index in [-0.39, 0.29) is 12.5 Å². The smallest absolute Gasteiger partial charge is 0.251 e. The van der Waals surface area contributed by atoms with E-state index in [9.17, 15) is 4.79 Å². The fraction of sp³-hybridized carbons (Fsp3) is 0.111. The van der Waals surface area contributed by atoms with E-state index < -0.39 is 0 Å². The van der Waals surface area contributed by atoms with Gasteiger partial charge in [0.25, 0.3) is 5.91 Å². The number of carbonyl (C=O) groups is 1. The Morgan fingerprint density at radius 3 is 3.04 bits per heavy atom. The molecule has 5 nitrogen and oxygen atoms in total. The van der Waals surface area contributed by atoms with Gasteiger partial charge in [-0.05, 0) is 24.3 Å². The lowest BCUT2D eigenvalue weighted by Gasteiger charge is -2.17. The average molecular weight is 340 g/mol. The van der Waals surface area contributed by atoms with Crippen LogP contribution < -0.4 is 10.1 Å². The van der Waals surface area contributed by atoms with Gasteiger partial charge in [-0.25, -0.2) is 4.98 Å². The van der Waals surface area contributed by atoms with Crippen molar-refractivity contribution in [2.24, 2.45) is 0 Å². The van der Waals surface area contributed by atoms with Crippen molar-refractivity contribution in [1.82, 2.24) is 14.7 Å². The molecule has 1 aliphatic rings. The van der Waals surface area contributed by atoms with Crippen molar-refractivity contribution in [3.8, 4) is 5.75 Å². The molecule has 1 aliphatic heterocycles. The molecule has 6 heteroatoms. The summed E-state index contributed by atoms with van der Waals surface area (Å²) in [5, 5.41) is 3.52. The van der Waals surface area contributed by atoms with Crippen molar-refractivity contribution in [3.63, 3.8) is 0 Å². The number of ether oxygens (including phenoxy) is 1. The second-order valence-electron chi connectivity index (χ2n) is 5.52. The first-order valence-corrected chi connectivity index (χ1v) is 7.90. The number of pyridine rings is 1. The number of fused-ring (bicyclic) bond motifs is 2. The van der Waals surface area contributed by atoms with Crippen LogP contribution in [0.3, 0.4) is 0 Å². The first-order chi connectivity index (χ1) is 11.7. The van der Waals surface area contributed by atoms with Crippen LogP contribution in [0, 0.1) is 0 Å². The topological polar surface area (TPSA) is 55.6 Å². The number of imidazole rings is 1. The molecule has 3 aromatic rings. The number of benzene rings is 1. The Labute approximate surface area is 143 Å². The van der Waals surface area contributed by atoms with E-state index in [0.29, 0.717) is 17.1 Å². The maximum atomic E-state index is 12.3. The number of rotatable bonds is 3. The van der Waals surface area contributed by atoms with Crippen molar-refractivity contribution in [1.29, 1.82) is 0 Å². The average Bonchev–Trinajstić information content (AvgIpc) is 3.01. The first kappa shape index (κ1) is 14.8. The predicted octanol–water partition coefficient (Wildman–Crippen LogP) is 3.08. The molecule has 1 aromatic carbocycles. The minimum atomic E-state index is -0.153. The Bertz CT molecular complexity index is 962. The number of para-hydroxylation sites is 1. The molecule has 0 saturated carbocycles. The predicted molar refractivity (Wildman–Crippen MR) is 92.0 cm³/mol. The highest BCUT2D eigenvalue weighted by Crippen LogP contribution is 2.25. The van der Waals surface area contributed by atoms with Gasteiger partial charge < -0.3 is 14.5 Å². The second kappa shape index (κ2) is 6.02. The van der Waals surface area contributed by atoms with Crippen LogP contribution in [0.25, 0.3) is 11.7 Å². The molecule has 3 heterocycles. The minimum absolute atomic E-state index is 0.153. The van der Waals surface area contributed by atoms with Gasteiger partial charge >= 0.3 is 0 Å². The summed E-state index contributed by atoms with van der Waals surface area (Å²) in [6.07, 6.45) is 5.49. The summed E-state index contributed by atoms with van der Waals surface area (Å²) in [5.41, 5.74) is 3.07. The fourth-order valence-electron chi connectivity index (χ4n) is 2.63. The minimum Gasteiger partial charge on any atom is -0.488 e. The van der Waals surface area contributed by atoms with E-state index in [4.69, 9.17) is 16.3 Å². The quantitative estimate of drug-likeness (QED) is 0.797. The third-order valence-electron chi connectivity index (χ3n) is 3.82. The lowest BCUT2D eigenvalue weighted by molar-refractivity contribution is -0.117. The number of carbonyl (C=O) groups excluding carboxylic acids is 1. The molecule has 2 aromatic heterocycles. The highest BCUT2D eigenvalue weighted by Gasteiger charge is 2.17. The van der Waals surface area contributed by atoms with Crippen LogP contribution in [0.1, 0.15) is 11.3 Å². The van der Waals surface area contributed by atoms with E-state index in [1.54, 1.807) is 12.3 Å². The monoisotopic (exact) mass is 339 g/mol. The number of hydrogen-bond acceptors (Lipinski definition) is 3. The third kappa shape index (κ3) is 2.86. The van der Waals surface area contributed by atoms with Crippen LogP contribution in [0.4, 0.5) is 0 Å². The lowest BCUT2D eigenvalue weighted by atomic mass is 10.1. The molecule has 24 heavy (non-hydrogen) atoms. The maximum Gasteiger partial charge on any atom is 0.251 e. The first-order valence-electron chi connectivity index (χ1n) is 7.53. The maximum absolute atomic E-state index is 12.3. The van der Waals surface area contributed by atoms with Gasteiger partial charge in [0.05, 0.1) is 22.8 Å². The number of nitrogens with one attached hydrogen (secondary N) is 1. The van der Waals surface area contributed by atoms with Gasteiger partial charge in [-0.3, -0.25) is 4.79 Å². The summed E-state index contributed by atoms with van der Waals surface area (Å²) >= 11 is 5.96. The Morgan fingerprint density at radius 2 is 2.12 bits per heavy atom. The zero-order chi connectivity index (χ0) is 16.5. The molecule has 1 N–H and O–H groups in total. The summed E-state index contributed by atoms with van der Waals surface area (Å²) in [6.45, 7) is 0.612. The summed E-state index contributed by atoms with van der Waals surface area (Å²) in [4.78, 5) is 16.8. The van der Waals surface area contributed by atoms with E-state index in [2.05, 4.69) is 10.3 Å². The number of nitrogens with zero attached hydrogens (tertiary/aromatic N) is 2. The van der Waals surface area contributed by atoms with E-state index >= 15 is 0 Å². The second-order valence-corrected chi connectivity index (χ2v) is 5.96. The Hall–Kier alpha value is -2.79. The number of hydrogen-bond donors (Lipinski definition) is 1. The van der Waals surface area contributed by atoms with Crippen LogP contribution in [-0.4, -0.2) is 21.9 Å². The van der Waals surface area contributed by atoms with Crippen molar-refractivity contribution in [2.75, 3.05) is 6.61 Å². The van der Waals surface area contributed by atoms with Gasteiger partial charge in [-0.1, -0.05) is 29.8 Å². The molecule has 120 valence electrons. The van der Waals surface area contributed by atoms with E-state index in [0.717, 1.165) is 22.7 Å². The molecule has 0 aliphatic carbocycles. The van der Waals surface area contributed by atoms with Crippen molar-refractivity contribution < 1.29 is 9.53 Å². The normalized spacial score (nSPS) is 13.1. The summed E-state index contributed by atoms with van der Waals surface area (Å²) in [5.74, 6) is 0.644. The fourth-order valence-corrected chi connectivity index (χ4v) is 2.80. The summed E-state index contributed by atoms with van der Waals surface area (Å²) < 4.78 is 7.44. The van der Waals surface area contributed by atoms with Gasteiger partial charge in [0.1, 0.15) is 18.0 Å². The zero-order valence-corrected chi connectivity index (χ0v) is 13.5. The highest BCUT2D eigenvalue weighted by molar-refractivity contribution is 6.30. The number of halogens is 1. The van der Waals surface area contributed by atoms with Gasteiger partial charge in [-0.2, -0.15) is 0 Å². The van der Waals surface area contributed by atoms with Gasteiger partial charge in [0.15, 0.2) is 0 Å². The van der Waals surface area contributed by atoms with Crippen LogP contribution in [-0.2, 0) is 11.3 Å². The SMILES string of the molecule is O=C(NCc1cn2cc(Cl)ccc2n1)C1=Cc2ccccc2OC1. The van der Waals surface area contributed by atoms with Crippen molar-refractivity contribution in [2.45, 2.75) is 6.54 Å². The molecule has 0 unspecified atom stereocenters. The van der Waals surface area contributed by atoms with Crippen molar-refractivity contribution in [3.05, 3.63) is 70.6 Å². The lowest BCUT2D eigenvalue weighted by Crippen LogP contribution is -2.28. The van der Waals surface area contributed by atoms with Crippen LogP contribution in [0.2, 0.25) is 5.02 Å². The molecular weight excluding hydrogens is 326 g/mol. The van der Waals surface area contributed by atoms with Gasteiger partial charge in [0.2, 0.25) is 0 Å². The van der Waals surface area contributed by atoms with Crippen LogP contribution in [0.15, 0.2) is 54.4 Å². The van der Waals surface area contributed by atoms with Gasteiger partial charge in [-0.15, -0.1) is 0 Å². The Morgan fingerprint density at radius 1 is 1.25 bits per heavy atom. The third-order valence-corrected chi connectivity index (χ3v) is 4.04. The number of aromatic nitrogens is 2. The molecule has 0 bridgehead atoms. The highest BCUT2D eigenvalue weighted by atomic mass is 35.5. The molecule has 0 radical (unpaired) electrons. The van der Waals surface area contributed by atoms with E-state index in [1.165, 1.54) is 0 Å². The molecule has 4 rings (SSSR count). The standard InChI is InChI=1S/C18H14ClN3O2/c19-14-5-6-17-21-15(10-22(17)9-14)8-20-18(23)13-7-12-3-1-2-4-16(12)24-11-13/h1-7,9-10H,8,11H2,(H,20,23). The zero-order valence-electron chi connectivity index (χ0n) is 12.7. The van der Waals surface area contributed by atoms with E-state index in [1.807, 2.05) is 47.0 Å². The summed E-state index contributed by atoms with van der Waals surface area (Å²) in [6, 6.07) is 11.3. The largest absolute Gasteiger partial charge is 0.488 e. The van der Waals surface area contributed by atoms with Crippen molar-refractivity contribution >= 4 is 29.2 Å². The molecule has 0 atom stereocenters. The van der Waals surface area contributed by atoms with Gasteiger partial charge in [0, 0.05) is 18.0 Å². The Balaban J connectivity index is 1.47. The van der Waals surface area contributed by atoms with Crippen LogP contribution in [0.5, 0.6) is 5.75 Å². The summed E-state index contributed by atoms with van der Waals surface area (Å²) in [7, 11) is 0. The van der Waals surface area contributed by atoms with Crippen LogP contribution >= 0.6 is 11.6 Å². The molecule has 0 fully saturated rings. The molecule has 1 amide bonds. The number of amides is 1. The molecule has 0 saturated heterocycles. The molecule has 0 spiro atoms.